The number of fused-ring (bicyclic) bond motifs is 2. The van der Waals surface area contributed by atoms with Gasteiger partial charge in [0.15, 0.2) is 0 Å². The first-order valence-electron chi connectivity index (χ1n) is 10.1. The van der Waals surface area contributed by atoms with Crippen molar-refractivity contribution >= 4 is 22.5 Å². The maximum atomic E-state index is 13.2. The third-order valence-corrected chi connectivity index (χ3v) is 5.91. The molecule has 4 aromatic rings. The van der Waals surface area contributed by atoms with Crippen molar-refractivity contribution < 1.29 is 5.11 Å². The highest BCUT2D eigenvalue weighted by molar-refractivity contribution is 5.77. The maximum absolute atomic E-state index is 13.2. The molecule has 0 spiro atoms. The van der Waals surface area contributed by atoms with Gasteiger partial charge in [-0.1, -0.05) is 12.1 Å². The summed E-state index contributed by atoms with van der Waals surface area (Å²) in [6.45, 7) is 4.90. The quantitative estimate of drug-likeness (QED) is 0.552. The normalized spacial score (nSPS) is 16.8. The molecule has 1 aliphatic heterocycles. The minimum Gasteiger partial charge on any atom is -0.395 e. The summed E-state index contributed by atoms with van der Waals surface area (Å²) in [5.74, 6) is 2.15. The molecular formula is C21H23N7O2. The van der Waals surface area contributed by atoms with E-state index in [-0.39, 0.29) is 24.8 Å². The average molecular weight is 405 g/mol. The van der Waals surface area contributed by atoms with Crippen LogP contribution in [0.2, 0.25) is 0 Å². The van der Waals surface area contributed by atoms with E-state index in [4.69, 9.17) is 4.98 Å². The van der Waals surface area contributed by atoms with E-state index in [2.05, 4.69) is 20.0 Å². The van der Waals surface area contributed by atoms with Gasteiger partial charge < -0.3 is 10.0 Å². The Morgan fingerprint density at radius 2 is 2.03 bits per heavy atom. The lowest BCUT2D eigenvalue weighted by Gasteiger charge is -2.29. The third-order valence-electron chi connectivity index (χ3n) is 5.91. The molecule has 1 aromatic carbocycles. The number of aryl methyl sites for hydroxylation is 1. The summed E-state index contributed by atoms with van der Waals surface area (Å²) in [7, 11) is 0. The number of aliphatic hydroxyl groups excluding tert-OH is 1. The Morgan fingerprint density at radius 1 is 1.20 bits per heavy atom. The Hall–Kier alpha value is -3.33. The van der Waals surface area contributed by atoms with Gasteiger partial charge >= 0.3 is 0 Å². The van der Waals surface area contributed by atoms with Crippen molar-refractivity contribution in [2.75, 3.05) is 18.1 Å². The third kappa shape index (κ3) is 2.77. The maximum Gasteiger partial charge on any atom is 0.261 e. The lowest BCUT2D eigenvalue weighted by atomic mass is 10.1. The topological polar surface area (TPSA) is 101 Å². The highest BCUT2D eigenvalue weighted by atomic mass is 16.3. The number of aromatic nitrogens is 6. The highest BCUT2D eigenvalue weighted by Crippen LogP contribution is 2.37. The van der Waals surface area contributed by atoms with Crippen LogP contribution < -0.4 is 10.5 Å². The van der Waals surface area contributed by atoms with Crippen LogP contribution in [0.1, 0.15) is 36.0 Å². The van der Waals surface area contributed by atoms with Crippen LogP contribution in [0.15, 0.2) is 35.4 Å². The minimum absolute atomic E-state index is 0.109. The zero-order valence-electron chi connectivity index (χ0n) is 17.0. The highest BCUT2D eigenvalue weighted by Gasteiger charge is 2.33. The molecule has 0 saturated carbocycles. The van der Waals surface area contributed by atoms with Crippen LogP contribution >= 0.6 is 0 Å². The van der Waals surface area contributed by atoms with Crippen LogP contribution in [0.25, 0.3) is 16.7 Å². The Morgan fingerprint density at radius 3 is 2.87 bits per heavy atom. The Balaban J connectivity index is 1.73. The molecule has 0 bridgehead atoms. The van der Waals surface area contributed by atoms with Gasteiger partial charge in [0.05, 0.1) is 30.1 Å². The molecule has 1 atom stereocenters. The van der Waals surface area contributed by atoms with Crippen molar-refractivity contribution in [1.82, 2.24) is 29.1 Å². The van der Waals surface area contributed by atoms with E-state index >= 15 is 0 Å². The molecule has 1 fully saturated rings. The van der Waals surface area contributed by atoms with Gasteiger partial charge in [-0.25, -0.2) is 9.97 Å². The van der Waals surface area contributed by atoms with Crippen LogP contribution in [0.5, 0.6) is 0 Å². The minimum atomic E-state index is -0.125. The Bertz CT molecular complexity index is 1310. The SMILES string of the molecule is Cc1nc2ncnn2c(N2CCCC2c2nc3ccccc3c(=O)n2CCO)c1C. The van der Waals surface area contributed by atoms with Crippen molar-refractivity contribution in [2.24, 2.45) is 0 Å². The predicted molar refractivity (Wildman–Crippen MR) is 113 cm³/mol. The summed E-state index contributed by atoms with van der Waals surface area (Å²) in [4.78, 5) is 29.1. The second-order valence-corrected chi connectivity index (χ2v) is 7.64. The Kier molecular flexibility index (Phi) is 4.47. The zero-order valence-corrected chi connectivity index (χ0v) is 17.0. The lowest BCUT2D eigenvalue weighted by molar-refractivity contribution is 0.270. The largest absolute Gasteiger partial charge is 0.395 e. The van der Waals surface area contributed by atoms with Crippen molar-refractivity contribution in [3.8, 4) is 0 Å². The number of benzene rings is 1. The summed E-state index contributed by atoms with van der Waals surface area (Å²) in [6.07, 6.45) is 3.32. The van der Waals surface area contributed by atoms with Crippen molar-refractivity contribution in [1.29, 1.82) is 0 Å². The van der Waals surface area contributed by atoms with Crippen LogP contribution in [0.4, 0.5) is 5.82 Å². The monoisotopic (exact) mass is 405 g/mol. The van der Waals surface area contributed by atoms with Crippen LogP contribution in [0.3, 0.4) is 0 Å². The summed E-state index contributed by atoms with van der Waals surface area (Å²) >= 11 is 0. The molecule has 9 heteroatoms. The molecule has 1 N–H and O–H groups in total. The molecule has 5 rings (SSSR count). The first-order valence-corrected chi connectivity index (χ1v) is 10.1. The van der Waals surface area contributed by atoms with Gasteiger partial charge in [-0.2, -0.15) is 14.6 Å². The smallest absolute Gasteiger partial charge is 0.261 e. The summed E-state index contributed by atoms with van der Waals surface area (Å²) < 4.78 is 3.38. The molecule has 1 unspecified atom stereocenters. The molecule has 0 amide bonds. The molecular weight excluding hydrogens is 382 g/mol. The summed E-state index contributed by atoms with van der Waals surface area (Å²) in [6, 6.07) is 7.25. The molecule has 30 heavy (non-hydrogen) atoms. The standard InChI is InChI=1S/C21H23N7O2/c1-13-14(2)24-21-22-12-23-28(21)19(13)26-9-5-8-17(26)18-25-16-7-4-3-6-15(16)20(30)27(18)10-11-29/h3-4,6-7,12,17,29H,5,8-11H2,1-2H3. The second-order valence-electron chi connectivity index (χ2n) is 7.64. The van der Waals surface area contributed by atoms with E-state index in [0.717, 1.165) is 36.5 Å². The molecule has 154 valence electrons. The van der Waals surface area contributed by atoms with E-state index in [1.165, 1.54) is 6.33 Å². The van der Waals surface area contributed by atoms with Gasteiger partial charge in [0.2, 0.25) is 0 Å². The molecule has 3 aromatic heterocycles. The number of anilines is 1. The fourth-order valence-corrected chi connectivity index (χ4v) is 4.40. The number of rotatable bonds is 4. The van der Waals surface area contributed by atoms with Crippen LogP contribution in [0, 0.1) is 13.8 Å². The Labute approximate surface area is 172 Å². The summed E-state index contributed by atoms with van der Waals surface area (Å²) in [5.41, 5.74) is 2.48. The van der Waals surface area contributed by atoms with E-state index in [0.29, 0.717) is 22.5 Å². The summed E-state index contributed by atoms with van der Waals surface area (Å²) in [5, 5.41) is 14.6. The van der Waals surface area contributed by atoms with Gasteiger partial charge in [0.25, 0.3) is 11.3 Å². The van der Waals surface area contributed by atoms with Crippen LogP contribution in [-0.2, 0) is 6.54 Å². The molecule has 4 heterocycles. The molecule has 0 aliphatic carbocycles. The first kappa shape index (κ1) is 18.7. The van der Waals surface area contributed by atoms with Crippen LogP contribution in [-0.4, -0.2) is 47.4 Å². The van der Waals surface area contributed by atoms with Gasteiger partial charge in [-0.3, -0.25) is 9.36 Å². The molecule has 9 nitrogen and oxygen atoms in total. The van der Waals surface area contributed by atoms with Crippen molar-refractivity contribution in [3.05, 3.63) is 58.0 Å². The fraction of sp³-hybridized carbons (Fsp3) is 0.381. The number of para-hydroxylation sites is 1. The van der Waals surface area contributed by atoms with Gasteiger partial charge in [0.1, 0.15) is 18.0 Å². The van der Waals surface area contributed by atoms with E-state index in [1.807, 2.05) is 32.0 Å². The van der Waals surface area contributed by atoms with E-state index in [9.17, 15) is 9.90 Å². The lowest BCUT2D eigenvalue weighted by Crippen LogP contribution is -2.34. The number of aliphatic hydroxyl groups is 1. The number of hydrogen-bond acceptors (Lipinski definition) is 7. The van der Waals surface area contributed by atoms with Gasteiger partial charge in [-0.05, 0) is 38.8 Å². The van der Waals surface area contributed by atoms with E-state index < -0.39 is 0 Å². The van der Waals surface area contributed by atoms with Crippen molar-refractivity contribution in [3.63, 3.8) is 0 Å². The first-order chi connectivity index (χ1) is 14.6. The number of hydrogen-bond donors (Lipinski definition) is 1. The van der Waals surface area contributed by atoms with Crippen molar-refractivity contribution in [2.45, 2.75) is 39.3 Å². The van der Waals surface area contributed by atoms with Gasteiger partial charge in [0, 0.05) is 17.8 Å². The molecule has 0 radical (unpaired) electrons. The zero-order chi connectivity index (χ0) is 20.8. The predicted octanol–water partition coefficient (Wildman–Crippen LogP) is 1.78. The second kappa shape index (κ2) is 7.17. The fourth-order valence-electron chi connectivity index (χ4n) is 4.40. The molecule has 1 saturated heterocycles. The average Bonchev–Trinajstić information content (AvgIpc) is 3.40. The number of nitrogens with zero attached hydrogens (tertiary/aromatic N) is 7. The molecule has 1 aliphatic rings. The van der Waals surface area contributed by atoms with E-state index in [1.54, 1.807) is 15.1 Å². The van der Waals surface area contributed by atoms with Gasteiger partial charge in [-0.15, -0.1) is 0 Å².